The van der Waals surface area contributed by atoms with Crippen molar-refractivity contribution in [3.63, 3.8) is 0 Å². The number of carbonyl (C=O) groups is 2. The standard InChI is InChI=1S/C22H25FN7O4S/c1-14-24-9-16(26-14)12-29-19-4-3-17(35(33,34)27-22(13-23)5-6-22)7-18(19)20(31)30(21(29)32)11-15-8-25-28(2)10-15/h3-4,7-10,18,27H,5-6,11-13H2,1-2H3,(H,24,26)/q+1. The lowest BCUT2D eigenvalue weighted by Gasteiger charge is -2.27. The number of aromatic amines is 1. The number of halogens is 1. The SMILES string of the molecule is Cc1ncc(C[N+]2=C3C=CC(S(=O)(=O)NC4(CF)CC4)=CC3C(=O)N(Cc3cnn(C)c3)C2=O)[nH]1. The van der Waals surface area contributed by atoms with Crippen LogP contribution in [-0.2, 0) is 35.0 Å². The van der Waals surface area contributed by atoms with Crippen molar-refractivity contribution in [2.24, 2.45) is 13.0 Å². The summed E-state index contributed by atoms with van der Waals surface area (Å²) in [7, 11) is -2.33. The van der Waals surface area contributed by atoms with Crippen LogP contribution in [0.1, 0.15) is 29.9 Å². The van der Waals surface area contributed by atoms with Crippen LogP contribution in [0.25, 0.3) is 0 Å². The van der Waals surface area contributed by atoms with Gasteiger partial charge in [0.25, 0.3) is 0 Å². The molecule has 3 aliphatic rings. The van der Waals surface area contributed by atoms with Gasteiger partial charge in [0.2, 0.25) is 10.0 Å². The number of carbonyl (C=O) groups excluding carboxylic acids is 2. The van der Waals surface area contributed by atoms with Gasteiger partial charge in [0.15, 0.2) is 0 Å². The summed E-state index contributed by atoms with van der Waals surface area (Å²) < 4.78 is 44.7. The van der Waals surface area contributed by atoms with Crippen molar-refractivity contribution in [2.45, 2.75) is 38.4 Å². The number of aromatic nitrogens is 4. The van der Waals surface area contributed by atoms with Crippen molar-refractivity contribution >= 4 is 27.7 Å². The number of nitrogens with zero attached hydrogens (tertiary/aromatic N) is 5. The molecular weight excluding hydrogens is 477 g/mol. The minimum absolute atomic E-state index is 0.0172. The molecule has 1 aliphatic heterocycles. The molecule has 0 bridgehead atoms. The average molecular weight is 503 g/mol. The van der Waals surface area contributed by atoms with Crippen LogP contribution in [0.3, 0.4) is 0 Å². The van der Waals surface area contributed by atoms with Crippen LogP contribution < -0.4 is 4.72 Å². The van der Waals surface area contributed by atoms with Gasteiger partial charge < -0.3 is 4.98 Å². The van der Waals surface area contributed by atoms with E-state index in [9.17, 15) is 22.4 Å². The van der Waals surface area contributed by atoms with Crippen LogP contribution in [-0.4, -0.2) is 67.5 Å². The normalized spacial score (nSPS) is 21.4. The van der Waals surface area contributed by atoms with E-state index in [4.69, 9.17) is 0 Å². The van der Waals surface area contributed by atoms with Gasteiger partial charge in [-0.2, -0.15) is 19.4 Å². The molecule has 2 aliphatic carbocycles. The molecule has 1 unspecified atom stereocenters. The van der Waals surface area contributed by atoms with E-state index in [1.54, 1.807) is 37.2 Å². The third kappa shape index (κ3) is 4.36. The second-order valence-electron chi connectivity index (χ2n) is 9.13. The summed E-state index contributed by atoms with van der Waals surface area (Å²) in [4.78, 5) is 35.1. The van der Waals surface area contributed by atoms with E-state index in [-0.39, 0.29) is 18.0 Å². The summed E-state index contributed by atoms with van der Waals surface area (Å²) in [5.41, 5.74) is 0.605. The maximum Gasteiger partial charge on any atom is 0.501 e. The number of amides is 3. The smallest absolute Gasteiger partial charge is 0.343 e. The summed E-state index contributed by atoms with van der Waals surface area (Å²) in [6.07, 6.45) is 9.83. The summed E-state index contributed by atoms with van der Waals surface area (Å²) in [6.45, 7) is 1.09. The number of allylic oxidation sites excluding steroid dienone is 2. The van der Waals surface area contributed by atoms with Crippen molar-refractivity contribution in [1.29, 1.82) is 0 Å². The Labute approximate surface area is 201 Å². The molecule has 1 fully saturated rings. The number of fused-ring (bicyclic) bond motifs is 1. The lowest BCUT2D eigenvalue weighted by molar-refractivity contribution is -0.457. The van der Waals surface area contributed by atoms with Gasteiger partial charge in [0.05, 0.1) is 28.5 Å². The summed E-state index contributed by atoms with van der Waals surface area (Å²) in [5.74, 6) is -0.880. The molecule has 11 nitrogen and oxygen atoms in total. The molecule has 2 aromatic rings. The Hall–Kier alpha value is -3.45. The Bertz CT molecular complexity index is 1410. The first-order valence-corrected chi connectivity index (χ1v) is 12.6. The fourth-order valence-electron chi connectivity index (χ4n) is 4.25. The number of alkyl halides is 1. The van der Waals surface area contributed by atoms with Crippen LogP contribution in [0, 0.1) is 12.8 Å². The van der Waals surface area contributed by atoms with E-state index in [0.717, 1.165) is 4.90 Å². The monoisotopic (exact) mass is 502 g/mol. The Morgan fingerprint density at radius 3 is 2.66 bits per heavy atom. The summed E-state index contributed by atoms with van der Waals surface area (Å²) >= 11 is 0. The van der Waals surface area contributed by atoms with Gasteiger partial charge in [0, 0.05) is 18.8 Å². The van der Waals surface area contributed by atoms with E-state index in [1.807, 2.05) is 0 Å². The number of rotatable bonds is 8. The lowest BCUT2D eigenvalue weighted by Crippen LogP contribution is -2.54. The fraction of sp³-hybridized carbons (Fsp3) is 0.409. The van der Waals surface area contributed by atoms with Gasteiger partial charge in [-0.05, 0) is 38.0 Å². The largest absolute Gasteiger partial charge is 0.501 e. The number of urea groups is 1. The number of aryl methyl sites for hydroxylation is 2. The Kier molecular flexibility index (Phi) is 5.55. The van der Waals surface area contributed by atoms with E-state index in [1.165, 1.54) is 22.8 Å². The zero-order valence-electron chi connectivity index (χ0n) is 19.2. The molecule has 5 rings (SSSR count). The van der Waals surface area contributed by atoms with Crippen molar-refractivity contribution in [3.8, 4) is 0 Å². The zero-order valence-corrected chi connectivity index (χ0v) is 20.0. The zero-order chi connectivity index (χ0) is 25.0. The molecule has 0 saturated heterocycles. The molecule has 0 aromatic carbocycles. The van der Waals surface area contributed by atoms with Gasteiger partial charge in [-0.3, -0.25) is 4.68 Å². The predicted octanol–water partition coefficient (Wildman–Crippen LogP) is 1.06. The first-order chi connectivity index (χ1) is 16.6. The number of H-pyrrole nitrogens is 1. The number of nitrogens with one attached hydrogen (secondary N) is 2. The highest BCUT2D eigenvalue weighted by atomic mass is 32.2. The second kappa shape index (κ2) is 8.34. The Balaban J connectivity index is 1.53. The maximum absolute atomic E-state index is 13.5. The molecule has 0 radical (unpaired) electrons. The van der Waals surface area contributed by atoms with Crippen LogP contribution in [0.2, 0.25) is 0 Å². The third-order valence-corrected chi connectivity index (χ3v) is 7.92. The first kappa shape index (κ1) is 23.3. The Morgan fingerprint density at radius 2 is 2.06 bits per heavy atom. The highest BCUT2D eigenvalue weighted by molar-refractivity contribution is 7.93. The van der Waals surface area contributed by atoms with Crippen LogP contribution in [0.15, 0.2) is 41.7 Å². The van der Waals surface area contributed by atoms with E-state index >= 15 is 0 Å². The fourth-order valence-corrected chi connectivity index (χ4v) is 5.76. The highest BCUT2D eigenvalue weighted by Gasteiger charge is 2.50. The maximum atomic E-state index is 13.5. The predicted molar refractivity (Wildman–Crippen MR) is 122 cm³/mol. The molecule has 3 amide bonds. The minimum atomic E-state index is -4.06. The van der Waals surface area contributed by atoms with E-state index in [0.29, 0.717) is 35.6 Å². The summed E-state index contributed by atoms with van der Waals surface area (Å²) in [5, 5.41) is 4.09. The molecule has 13 heteroatoms. The van der Waals surface area contributed by atoms with Crippen molar-refractivity contribution in [3.05, 3.63) is 58.8 Å². The lowest BCUT2D eigenvalue weighted by atomic mass is 9.94. The quantitative estimate of drug-likeness (QED) is 0.519. The molecule has 2 N–H and O–H groups in total. The molecule has 35 heavy (non-hydrogen) atoms. The van der Waals surface area contributed by atoms with Crippen LogP contribution in [0.5, 0.6) is 0 Å². The number of hydrogen-bond acceptors (Lipinski definition) is 6. The van der Waals surface area contributed by atoms with Crippen molar-refractivity contribution in [1.82, 2.24) is 29.4 Å². The second-order valence-corrected chi connectivity index (χ2v) is 10.8. The number of sulfonamides is 1. The number of hydrogen-bond donors (Lipinski definition) is 2. The van der Waals surface area contributed by atoms with Gasteiger partial charge in [0.1, 0.15) is 37.2 Å². The topological polar surface area (TPSA) is 133 Å². The molecule has 184 valence electrons. The molecule has 1 atom stereocenters. The first-order valence-electron chi connectivity index (χ1n) is 11.1. The molecule has 2 aromatic heterocycles. The van der Waals surface area contributed by atoms with Crippen LogP contribution in [0.4, 0.5) is 9.18 Å². The van der Waals surface area contributed by atoms with Crippen molar-refractivity contribution < 1.29 is 27.0 Å². The van der Waals surface area contributed by atoms with Gasteiger partial charge in [-0.15, -0.1) is 0 Å². The van der Waals surface area contributed by atoms with E-state index in [2.05, 4.69) is 19.8 Å². The third-order valence-electron chi connectivity index (χ3n) is 6.33. The number of imide groups is 1. The Morgan fingerprint density at radius 1 is 1.29 bits per heavy atom. The van der Waals surface area contributed by atoms with Gasteiger partial charge in [-0.1, -0.05) is 0 Å². The average Bonchev–Trinajstić information content (AvgIpc) is 3.26. The minimum Gasteiger partial charge on any atom is -0.343 e. The summed E-state index contributed by atoms with van der Waals surface area (Å²) in [6, 6.07) is -0.533. The van der Waals surface area contributed by atoms with Crippen molar-refractivity contribution in [2.75, 3.05) is 6.67 Å². The molecule has 0 spiro atoms. The molecule has 3 heterocycles. The molecular formula is C22H25FN7O4S+. The highest BCUT2D eigenvalue weighted by Crippen LogP contribution is 2.37. The van der Waals surface area contributed by atoms with E-state index < -0.39 is 40.1 Å². The van der Waals surface area contributed by atoms with Gasteiger partial charge in [-0.25, -0.2) is 27.3 Å². The van der Waals surface area contributed by atoms with Crippen LogP contribution >= 0.6 is 0 Å². The molecule has 1 saturated carbocycles. The number of imidazole rings is 1. The van der Waals surface area contributed by atoms with Gasteiger partial charge >= 0.3 is 11.9 Å².